The van der Waals surface area contributed by atoms with Crippen molar-refractivity contribution in [1.29, 1.82) is 5.26 Å². The first-order valence-electron chi connectivity index (χ1n) is 8.96. The Morgan fingerprint density at radius 3 is 2.83 bits per heavy atom. The maximum Gasteiger partial charge on any atom is 0.260 e. The molecule has 1 aliphatic heterocycles. The summed E-state index contributed by atoms with van der Waals surface area (Å²) < 4.78 is 0. The lowest BCUT2D eigenvalue weighted by atomic mass is 10.1. The second-order valence-electron chi connectivity index (χ2n) is 6.24. The maximum absolute atomic E-state index is 13.1. The van der Waals surface area contributed by atoms with Crippen molar-refractivity contribution in [3.05, 3.63) is 72.1 Å². The van der Waals surface area contributed by atoms with E-state index in [4.69, 9.17) is 0 Å². The van der Waals surface area contributed by atoms with Crippen molar-refractivity contribution in [2.75, 3.05) is 16.8 Å². The smallest absolute Gasteiger partial charge is 0.260 e. The third kappa shape index (κ3) is 3.67. The van der Waals surface area contributed by atoms with Gasteiger partial charge < -0.3 is 5.32 Å². The zero-order valence-electron chi connectivity index (χ0n) is 15.6. The maximum atomic E-state index is 13.1. The van der Waals surface area contributed by atoms with E-state index in [9.17, 15) is 10.1 Å². The number of anilines is 3. The molecule has 0 radical (unpaired) electrons. The van der Waals surface area contributed by atoms with Gasteiger partial charge in [-0.1, -0.05) is 29.8 Å². The Labute approximate surface area is 173 Å². The van der Waals surface area contributed by atoms with Crippen LogP contribution in [0.5, 0.6) is 0 Å². The molecule has 2 heterocycles. The van der Waals surface area contributed by atoms with Gasteiger partial charge in [0.15, 0.2) is 5.69 Å². The molecule has 0 bridgehead atoms. The summed E-state index contributed by atoms with van der Waals surface area (Å²) in [5, 5.41) is 12.5. The minimum absolute atomic E-state index is 0.0608. The van der Waals surface area contributed by atoms with Crippen LogP contribution in [-0.4, -0.2) is 17.4 Å². The van der Waals surface area contributed by atoms with Crippen LogP contribution in [-0.2, 0) is 0 Å². The van der Waals surface area contributed by atoms with Gasteiger partial charge in [-0.2, -0.15) is 5.26 Å². The van der Waals surface area contributed by atoms with Crippen molar-refractivity contribution in [3.63, 3.8) is 0 Å². The molecule has 0 spiro atoms. The van der Waals surface area contributed by atoms with Gasteiger partial charge in [-0.05, 0) is 49.4 Å². The van der Waals surface area contributed by atoms with Gasteiger partial charge in [-0.15, -0.1) is 5.92 Å². The molecule has 1 aliphatic rings. The number of carbonyl (C=O) groups is 1. The van der Waals surface area contributed by atoms with E-state index in [2.05, 4.69) is 28.2 Å². The fraction of sp³-hybridized carbons (Fsp3) is 0.0870. The number of fused-ring (bicyclic) bond motifs is 2. The van der Waals surface area contributed by atoms with Crippen molar-refractivity contribution in [2.45, 2.75) is 16.7 Å². The van der Waals surface area contributed by atoms with Gasteiger partial charge in [0.25, 0.3) is 5.91 Å². The average Bonchev–Trinajstić information content (AvgIpc) is 2.86. The predicted molar refractivity (Wildman–Crippen MR) is 114 cm³/mol. The van der Waals surface area contributed by atoms with Crippen molar-refractivity contribution in [1.82, 2.24) is 4.98 Å². The molecule has 4 rings (SSSR count). The van der Waals surface area contributed by atoms with Crippen LogP contribution in [0.2, 0.25) is 0 Å². The number of hydrogen-bond donors (Lipinski definition) is 1. The minimum Gasteiger partial charge on any atom is -0.353 e. The standard InChI is InChI=1S/C23H16N4OS/c1-2-3-13-27-20-11-10-16(26-18-8-6-12-25-19(18)15-24)14-22(20)29-21-9-5-4-7-17(21)23(27)28/h4-12,14,26H,13H2,1H3. The number of nitrogens with one attached hydrogen (secondary N) is 1. The topological polar surface area (TPSA) is 69.0 Å². The van der Waals surface area contributed by atoms with E-state index in [1.165, 1.54) is 0 Å². The molecule has 0 aliphatic carbocycles. The lowest BCUT2D eigenvalue weighted by molar-refractivity contribution is 0.0987. The SMILES string of the molecule is CC#CCN1C(=O)c2ccccc2Sc2cc(Nc3cccnc3C#N)ccc21. The van der Waals surface area contributed by atoms with E-state index in [-0.39, 0.29) is 5.91 Å². The van der Waals surface area contributed by atoms with Crippen LogP contribution in [0.15, 0.2) is 70.6 Å². The van der Waals surface area contributed by atoms with E-state index in [0.717, 1.165) is 21.2 Å². The summed E-state index contributed by atoms with van der Waals surface area (Å²) in [5.41, 5.74) is 3.26. The second kappa shape index (κ2) is 8.10. The predicted octanol–water partition coefficient (Wildman–Crippen LogP) is 4.83. The summed E-state index contributed by atoms with van der Waals surface area (Å²) in [4.78, 5) is 20.8. The third-order valence-electron chi connectivity index (χ3n) is 4.44. The molecule has 1 aromatic heterocycles. The summed E-state index contributed by atoms with van der Waals surface area (Å²) in [7, 11) is 0. The number of rotatable bonds is 3. The van der Waals surface area contributed by atoms with E-state index >= 15 is 0 Å². The summed E-state index contributed by atoms with van der Waals surface area (Å²) >= 11 is 1.55. The molecule has 0 atom stereocenters. The summed E-state index contributed by atoms with van der Waals surface area (Å²) in [6, 6.07) is 19.1. The first-order chi connectivity index (χ1) is 14.2. The highest BCUT2D eigenvalue weighted by molar-refractivity contribution is 7.99. The number of nitrogens with zero attached hydrogens (tertiary/aromatic N) is 3. The molecule has 29 heavy (non-hydrogen) atoms. The molecule has 5 nitrogen and oxygen atoms in total. The zero-order chi connectivity index (χ0) is 20.2. The molecule has 1 N–H and O–H groups in total. The Morgan fingerprint density at radius 1 is 1.14 bits per heavy atom. The van der Waals surface area contributed by atoms with Gasteiger partial charge in [0.2, 0.25) is 0 Å². The quantitative estimate of drug-likeness (QED) is 0.642. The number of nitriles is 1. The van der Waals surface area contributed by atoms with E-state index in [0.29, 0.717) is 23.5 Å². The number of carbonyl (C=O) groups excluding carboxylic acids is 1. The van der Waals surface area contributed by atoms with Crippen LogP contribution < -0.4 is 10.2 Å². The number of aromatic nitrogens is 1. The lowest BCUT2D eigenvalue weighted by Gasteiger charge is -2.21. The van der Waals surface area contributed by atoms with Crippen molar-refractivity contribution in [2.24, 2.45) is 0 Å². The molecule has 1 amide bonds. The van der Waals surface area contributed by atoms with Crippen LogP contribution in [0.4, 0.5) is 17.1 Å². The largest absolute Gasteiger partial charge is 0.353 e. The molecule has 0 saturated heterocycles. The summed E-state index contributed by atoms with van der Waals surface area (Å²) in [5.74, 6) is 5.81. The first-order valence-corrected chi connectivity index (χ1v) is 9.77. The Morgan fingerprint density at radius 2 is 2.00 bits per heavy atom. The number of pyridine rings is 1. The Hall–Kier alpha value is -3.74. The highest BCUT2D eigenvalue weighted by Crippen LogP contribution is 2.42. The van der Waals surface area contributed by atoms with E-state index < -0.39 is 0 Å². The van der Waals surface area contributed by atoms with Crippen LogP contribution in [0.3, 0.4) is 0 Å². The third-order valence-corrected chi connectivity index (χ3v) is 5.56. The molecule has 2 aromatic carbocycles. The number of hydrogen-bond acceptors (Lipinski definition) is 5. The van der Waals surface area contributed by atoms with E-state index in [1.54, 1.807) is 35.8 Å². The molecule has 0 unspecified atom stereocenters. The van der Waals surface area contributed by atoms with Crippen molar-refractivity contribution < 1.29 is 4.79 Å². The molecule has 0 fully saturated rings. The van der Waals surface area contributed by atoms with Crippen LogP contribution in [0.25, 0.3) is 0 Å². The van der Waals surface area contributed by atoms with Gasteiger partial charge in [-0.25, -0.2) is 4.98 Å². The van der Waals surface area contributed by atoms with Crippen molar-refractivity contribution in [3.8, 4) is 17.9 Å². The molecule has 3 aromatic rings. The van der Waals surface area contributed by atoms with Gasteiger partial charge in [-0.3, -0.25) is 9.69 Å². The molecular weight excluding hydrogens is 380 g/mol. The van der Waals surface area contributed by atoms with E-state index in [1.807, 2.05) is 48.5 Å². The number of benzene rings is 2. The molecule has 0 saturated carbocycles. The second-order valence-corrected chi connectivity index (χ2v) is 7.32. The van der Waals surface area contributed by atoms with Crippen LogP contribution in [0, 0.1) is 23.2 Å². The zero-order valence-corrected chi connectivity index (χ0v) is 16.5. The first kappa shape index (κ1) is 18.6. The van der Waals surface area contributed by atoms with Crippen LogP contribution in [0.1, 0.15) is 23.0 Å². The van der Waals surface area contributed by atoms with Gasteiger partial charge in [0, 0.05) is 21.7 Å². The normalized spacial score (nSPS) is 12.0. The fourth-order valence-corrected chi connectivity index (χ4v) is 4.19. The minimum atomic E-state index is -0.0608. The highest BCUT2D eigenvalue weighted by atomic mass is 32.2. The fourth-order valence-electron chi connectivity index (χ4n) is 3.07. The Balaban J connectivity index is 1.78. The van der Waals surface area contributed by atoms with Gasteiger partial charge in [0.1, 0.15) is 6.07 Å². The lowest BCUT2D eigenvalue weighted by Crippen LogP contribution is -2.31. The summed E-state index contributed by atoms with van der Waals surface area (Å²) in [6.07, 6.45) is 1.59. The monoisotopic (exact) mass is 396 g/mol. The molecule has 6 heteroatoms. The van der Waals surface area contributed by atoms with Crippen LogP contribution >= 0.6 is 11.8 Å². The average molecular weight is 396 g/mol. The Kier molecular flexibility index (Phi) is 5.20. The highest BCUT2D eigenvalue weighted by Gasteiger charge is 2.26. The molecule has 140 valence electrons. The van der Waals surface area contributed by atoms with Gasteiger partial charge in [0.05, 0.1) is 23.5 Å². The Bertz CT molecular complexity index is 1200. The molecular formula is C23H16N4OS. The van der Waals surface area contributed by atoms with Crippen molar-refractivity contribution >= 4 is 34.7 Å². The summed E-state index contributed by atoms with van der Waals surface area (Å²) in [6.45, 7) is 2.09. The van der Waals surface area contributed by atoms with Gasteiger partial charge >= 0.3 is 0 Å². The number of amides is 1.